The molecule has 7 nitrogen and oxygen atoms in total. The second-order valence-electron chi connectivity index (χ2n) is 6.46. The lowest BCUT2D eigenvalue weighted by molar-refractivity contribution is -0.135. The van der Waals surface area contributed by atoms with Crippen molar-refractivity contribution in [3.63, 3.8) is 0 Å². The monoisotopic (exact) mass is 408 g/mol. The van der Waals surface area contributed by atoms with E-state index in [4.69, 9.17) is 28.3 Å². The molecule has 0 saturated carbocycles. The summed E-state index contributed by atoms with van der Waals surface area (Å²) in [7, 11) is 0. The molecule has 1 aliphatic heterocycles. The van der Waals surface area contributed by atoms with Gasteiger partial charge in [0.05, 0.1) is 34.4 Å². The van der Waals surface area contributed by atoms with Crippen LogP contribution in [0.5, 0.6) is 0 Å². The van der Waals surface area contributed by atoms with Crippen LogP contribution in [-0.2, 0) is 24.3 Å². The van der Waals surface area contributed by atoms with Crippen LogP contribution in [0, 0.1) is 0 Å². The third-order valence-corrected chi connectivity index (χ3v) is 5.66. The second-order valence-corrected chi connectivity index (χ2v) is 7.25. The average molecular weight is 409 g/mol. The molecule has 9 heteroatoms. The maximum atomic E-state index is 12.0. The molecule has 0 bridgehead atoms. The maximum Gasteiger partial charge on any atom is 0.248 e. The summed E-state index contributed by atoms with van der Waals surface area (Å²) in [4.78, 5) is 16.9. The van der Waals surface area contributed by atoms with Gasteiger partial charge in [-0.2, -0.15) is 5.10 Å². The highest BCUT2D eigenvalue weighted by Gasteiger charge is 2.27. The molecule has 0 fully saturated rings. The zero-order valence-corrected chi connectivity index (χ0v) is 15.9. The first kappa shape index (κ1) is 18.3. The number of hydrogen-bond donors (Lipinski definition) is 3. The van der Waals surface area contributed by atoms with Gasteiger partial charge in [0, 0.05) is 47.9 Å². The van der Waals surface area contributed by atoms with Gasteiger partial charge >= 0.3 is 0 Å². The van der Waals surface area contributed by atoms with E-state index in [0.29, 0.717) is 41.8 Å². The normalized spacial score (nSPS) is 14.0. The van der Waals surface area contributed by atoms with Gasteiger partial charge in [-0.3, -0.25) is 9.48 Å². The number of amides is 1. The fraction of sp³-hybridized carbons (Fsp3) is 0.333. The van der Waals surface area contributed by atoms with Crippen LogP contribution < -0.4 is 0 Å². The Labute approximate surface area is 165 Å². The predicted octanol–water partition coefficient (Wildman–Crippen LogP) is 2.21. The highest BCUT2D eigenvalue weighted by Crippen LogP contribution is 2.41. The highest BCUT2D eigenvalue weighted by molar-refractivity contribution is 6.45. The fourth-order valence-electron chi connectivity index (χ4n) is 3.59. The Morgan fingerprint density at radius 1 is 1.33 bits per heavy atom. The van der Waals surface area contributed by atoms with E-state index >= 15 is 0 Å². The van der Waals surface area contributed by atoms with Crippen molar-refractivity contribution in [3.05, 3.63) is 39.6 Å². The summed E-state index contributed by atoms with van der Waals surface area (Å²) in [6.07, 6.45) is 2.43. The average Bonchev–Trinajstić information content (AvgIpc) is 3.29. The lowest BCUT2D eigenvalue weighted by Crippen LogP contribution is -2.37. The van der Waals surface area contributed by atoms with Gasteiger partial charge in [-0.15, -0.1) is 0 Å². The number of carbonyl (C=O) groups excluding carboxylic acids is 1. The van der Waals surface area contributed by atoms with Crippen molar-refractivity contribution in [2.45, 2.75) is 19.5 Å². The van der Waals surface area contributed by atoms with Gasteiger partial charge in [-0.05, 0) is 12.1 Å². The van der Waals surface area contributed by atoms with E-state index in [1.807, 2.05) is 6.07 Å². The number of rotatable bonds is 4. The van der Waals surface area contributed by atoms with Gasteiger partial charge in [-0.25, -0.2) is 0 Å². The van der Waals surface area contributed by atoms with Gasteiger partial charge in [-0.1, -0.05) is 23.2 Å². The third-order valence-electron chi connectivity index (χ3n) is 4.88. The number of benzene rings is 1. The van der Waals surface area contributed by atoms with Crippen LogP contribution in [-0.4, -0.2) is 55.5 Å². The molecular weight excluding hydrogens is 391 g/mol. The standard InChI is InChI=1S/C18H18Cl2N4O3/c19-12-7-10(14-2-4-24(22-14)5-6-25)16-11-8-23(15(27)9-26)3-1-13(11)21-18(16)17(12)20/h2,4,7,21,25-26H,1,3,5-6,8-9H2. The van der Waals surface area contributed by atoms with E-state index in [1.54, 1.807) is 21.8 Å². The summed E-state index contributed by atoms with van der Waals surface area (Å²) in [5, 5.41) is 24.5. The molecule has 0 atom stereocenters. The summed E-state index contributed by atoms with van der Waals surface area (Å²) in [5.74, 6) is -0.302. The Morgan fingerprint density at radius 2 is 2.15 bits per heavy atom. The Balaban J connectivity index is 1.90. The molecule has 142 valence electrons. The number of aliphatic hydroxyl groups is 2. The molecule has 0 saturated heterocycles. The lowest BCUT2D eigenvalue weighted by Gasteiger charge is -2.26. The quantitative estimate of drug-likeness (QED) is 0.616. The number of aromatic nitrogens is 3. The lowest BCUT2D eigenvalue weighted by atomic mass is 9.99. The molecule has 27 heavy (non-hydrogen) atoms. The van der Waals surface area contributed by atoms with Gasteiger partial charge in [0.1, 0.15) is 6.61 Å². The summed E-state index contributed by atoms with van der Waals surface area (Å²) in [6, 6.07) is 3.63. The molecule has 0 spiro atoms. The van der Waals surface area contributed by atoms with Crippen LogP contribution in [0.2, 0.25) is 10.0 Å². The summed E-state index contributed by atoms with van der Waals surface area (Å²) in [6.45, 7) is 0.801. The van der Waals surface area contributed by atoms with Crippen molar-refractivity contribution in [3.8, 4) is 11.3 Å². The zero-order chi connectivity index (χ0) is 19.1. The molecule has 3 aromatic rings. The molecule has 1 amide bonds. The predicted molar refractivity (Wildman–Crippen MR) is 103 cm³/mol. The minimum absolute atomic E-state index is 0.00428. The number of H-pyrrole nitrogens is 1. The Morgan fingerprint density at radius 3 is 2.89 bits per heavy atom. The topological polar surface area (TPSA) is 94.4 Å². The van der Waals surface area contributed by atoms with Crippen molar-refractivity contribution in [2.24, 2.45) is 0 Å². The number of halogens is 2. The highest BCUT2D eigenvalue weighted by atomic mass is 35.5. The minimum Gasteiger partial charge on any atom is -0.394 e. The number of fused-ring (bicyclic) bond motifs is 3. The van der Waals surface area contributed by atoms with E-state index in [1.165, 1.54) is 0 Å². The first-order chi connectivity index (χ1) is 13.0. The Bertz CT molecular complexity index is 1030. The summed E-state index contributed by atoms with van der Waals surface area (Å²) < 4.78 is 1.66. The van der Waals surface area contributed by atoms with Crippen LogP contribution >= 0.6 is 23.2 Å². The van der Waals surface area contributed by atoms with Crippen LogP contribution in [0.25, 0.3) is 22.2 Å². The van der Waals surface area contributed by atoms with Crippen molar-refractivity contribution < 1.29 is 15.0 Å². The number of aromatic amines is 1. The van der Waals surface area contributed by atoms with Gasteiger partial charge in [0.15, 0.2) is 0 Å². The maximum absolute atomic E-state index is 12.0. The van der Waals surface area contributed by atoms with Gasteiger partial charge in [0.25, 0.3) is 0 Å². The molecule has 0 radical (unpaired) electrons. The largest absolute Gasteiger partial charge is 0.394 e. The Hall–Kier alpha value is -2.06. The minimum atomic E-state index is -0.511. The SMILES string of the molecule is O=C(CO)N1CCc2[nH]c3c(Cl)c(Cl)cc(-c4ccn(CCO)n4)c3c2C1. The first-order valence-electron chi connectivity index (χ1n) is 8.58. The Kier molecular flexibility index (Phi) is 4.86. The van der Waals surface area contributed by atoms with E-state index < -0.39 is 6.61 Å². The van der Waals surface area contributed by atoms with Crippen LogP contribution in [0.4, 0.5) is 0 Å². The number of aliphatic hydroxyl groups excluding tert-OH is 2. The van der Waals surface area contributed by atoms with Crippen molar-refractivity contribution >= 4 is 40.0 Å². The molecule has 1 aliphatic rings. The first-order valence-corrected chi connectivity index (χ1v) is 9.33. The molecular formula is C18H18Cl2N4O3. The van der Waals surface area contributed by atoms with Crippen LogP contribution in [0.3, 0.4) is 0 Å². The van der Waals surface area contributed by atoms with E-state index in [9.17, 15) is 9.90 Å². The van der Waals surface area contributed by atoms with Crippen LogP contribution in [0.15, 0.2) is 18.3 Å². The molecule has 3 heterocycles. The van der Waals surface area contributed by atoms with Crippen molar-refractivity contribution in [2.75, 3.05) is 19.8 Å². The fourth-order valence-corrected chi connectivity index (χ4v) is 3.99. The summed E-state index contributed by atoms with van der Waals surface area (Å²) >= 11 is 12.8. The second kappa shape index (κ2) is 7.16. The van der Waals surface area contributed by atoms with Crippen molar-refractivity contribution in [1.29, 1.82) is 0 Å². The molecule has 0 unspecified atom stereocenters. The van der Waals surface area contributed by atoms with E-state index in [0.717, 1.165) is 27.7 Å². The van der Waals surface area contributed by atoms with Gasteiger partial charge in [0.2, 0.25) is 5.91 Å². The molecule has 0 aliphatic carbocycles. The number of nitrogens with one attached hydrogen (secondary N) is 1. The number of hydrogen-bond acceptors (Lipinski definition) is 4. The molecule has 1 aromatic carbocycles. The molecule has 3 N–H and O–H groups in total. The van der Waals surface area contributed by atoms with E-state index in [2.05, 4.69) is 10.1 Å². The van der Waals surface area contributed by atoms with E-state index in [-0.39, 0.29) is 12.5 Å². The third kappa shape index (κ3) is 3.10. The molecule has 4 rings (SSSR count). The number of carbonyl (C=O) groups is 1. The molecule has 2 aromatic heterocycles. The van der Waals surface area contributed by atoms with Crippen molar-refractivity contribution in [1.82, 2.24) is 19.7 Å². The zero-order valence-electron chi connectivity index (χ0n) is 14.4. The summed E-state index contributed by atoms with van der Waals surface area (Å²) in [5.41, 5.74) is 4.21. The van der Waals surface area contributed by atoms with Crippen LogP contribution in [0.1, 0.15) is 11.3 Å². The smallest absolute Gasteiger partial charge is 0.248 e. The number of nitrogens with zero attached hydrogens (tertiary/aromatic N) is 3. The van der Waals surface area contributed by atoms with Gasteiger partial charge < -0.3 is 20.1 Å².